The lowest BCUT2D eigenvalue weighted by atomic mass is 10.1. The molecule has 1 unspecified atom stereocenters. The van der Waals surface area contributed by atoms with Gasteiger partial charge in [0.05, 0.1) is 3.57 Å². The Kier molecular flexibility index (Phi) is 4.78. The maximum atomic E-state index is 12.0. The lowest BCUT2D eigenvalue weighted by Gasteiger charge is -2.11. The highest BCUT2D eigenvalue weighted by Crippen LogP contribution is 2.38. The Morgan fingerprint density at radius 1 is 1.41 bits per heavy atom. The third-order valence-electron chi connectivity index (χ3n) is 2.15. The Morgan fingerprint density at radius 3 is 2.65 bits per heavy atom. The predicted octanol–water partition coefficient (Wildman–Crippen LogP) is 4.13. The number of hydrogen-bond acceptors (Lipinski definition) is 2. The molecule has 1 aromatic carbocycles. The van der Waals surface area contributed by atoms with Crippen LogP contribution in [0, 0.1) is 3.57 Å². The van der Waals surface area contributed by atoms with E-state index in [0.29, 0.717) is 15.7 Å². The summed E-state index contributed by atoms with van der Waals surface area (Å²) in [5.41, 5.74) is 0.763. The van der Waals surface area contributed by atoms with Crippen LogP contribution in [0.3, 0.4) is 0 Å². The fourth-order valence-corrected chi connectivity index (χ4v) is 2.43. The van der Waals surface area contributed by atoms with Crippen molar-refractivity contribution in [3.63, 3.8) is 0 Å². The molecule has 1 aliphatic rings. The normalized spacial score (nSPS) is 18.1. The van der Waals surface area contributed by atoms with Crippen LogP contribution in [0.1, 0.15) is 12.5 Å². The van der Waals surface area contributed by atoms with Crippen LogP contribution >= 0.6 is 46.6 Å². The molecule has 0 aromatic heterocycles. The second kappa shape index (κ2) is 5.37. The molecule has 0 amide bonds. The molecule has 0 radical (unpaired) electrons. The Bertz CT molecular complexity index is 421. The minimum Gasteiger partial charge on any atom is -0.489 e. The van der Waals surface area contributed by atoms with Gasteiger partial charge in [-0.1, -0.05) is 0 Å². The molecule has 0 N–H and O–H groups in total. The average Bonchev–Trinajstić information content (AvgIpc) is 2.42. The molecule has 2 rings (SSSR count). The molecule has 0 fully saturated rings. The molecule has 0 spiro atoms. The maximum absolute atomic E-state index is 12.0. The van der Waals surface area contributed by atoms with Gasteiger partial charge in [0, 0.05) is 12.0 Å². The molecule has 7 heteroatoms. The molecule has 1 heterocycles. The van der Waals surface area contributed by atoms with E-state index in [0.717, 1.165) is 5.56 Å². The van der Waals surface area contributed by atoms with Gasteiger partial charge < -0.3 is 9.47 Å². The Balaban J connectivity index is 0.00000144. The van der Waals surface area contributed by atoms with Gasteiger partial charge in [0.25, 0.3) is 0 Å². The highest BCUT2D eigenvalue weighted by molar-refractivity contribution is 14.1. The van der Waals surface area contributed by atoms with Gasteiger partial charge in [-0.05, 0) is 41.6 Å². The summed E-state index contributed by atoms with van der Waals surface area (Å²) in [6.45, 7) is 1.88. The topological polar surface area (TPSA) is 18.5 Å². The summed E-state index contributed by atoms with van der Waals surface area (Å²) >= 11 is 1.94. The van der Waals surface area contributed by atoms with Crippen LogP contribution < -0.4 is 9.47 Å². The molecule has 0 saturated heterocycles. The Labute approximate surface area is 127 Å². The summed E-state index contributed by atoms with van der Waals surface area (Å²) < 4.78 is 46.1. The zero-order valence-corrected chi connectivity index (χ0v) is 13.2. The molecule has 0 bridgehead atoms. The van der Waals surface area contributed by atoms with Crippen molar-refractivity contribution in [3.8, 4) is 11.5 Å². The van der Waals surface area contributed by atoms with Crippen molar-refractivity contribution in [3.05, 3.63) is 21.3 Å². The second-order valence-electron chi connectivity index (χ2n) is 3.57. The average molecular weight is 472 g/mol. The lowest BCUT2D eigenvalue weighted by Crippen LogP contribution is -2.17. The summed E-state index contributed by atoms with van der Waals surface area (Å²) in [7, 11) is 0. The van der Waals surface area contributed by atoms with E-state index in [-0.39, 0.29) is 35.8 Å². The highest BCUT2D eigenvalue weighted by Gasteiger charge is 2.32. The first-order chi connectivity index (χ1) is 7.35. The second-order valence-corrected chi connectivity index (χ2v) is 4.74. The van der Waals surface area contributed by atoms with Crippen LogP contribution in [-0.2, 0) is 6.42 Å². The number of hydrogen-bond donors (Lipinski definition) is 0. The van der Waals surface area contributed by atoms with Crippen LogP contribution in [-0.4, -0.2) is 12.5 Å². The van der Waals surface area contributed by atoms with Gasteiger partial charge >= 0.3 is 6.36 Å². The van der Waals surface area contributed by atoms with Crippen molar-refractivity contribution < 1.29 is 22.6 Å². The van der Waals surface area contributed by atoms with E-state index in [9.17, 15) is 13.2 Å². The van der Waals surface area contributed by atoms with Crippen molar-refractivity contribution >= 4 is 46.6 Å². The van der Waals surface area contributed by atoms with Crippen LogP contribution in [0.25, 0.3) is 0 Å². The minimum atomic E-state index is -4.65. The molecule has 96 valence electrons. The molecule has 0 saturated carbocycles. The Hall–Kier alpha value is 0.0700. The SMILES string of the molecule is CC1Cc2cc(OC(F)(F)F)cc(I)c2O1.I. The van der Waals surface area contributed by atoms with Gasteiger partial charge in [-0.15, -0.1) is 37.1 Å². The standard InChI is InChI=1S/C10H8F3IO2.HI/c1-5-2-6-3-7(16-10(11,12)13)4-8(14)9(6)15-5;/h3-5H,2H2,1H3;1H. The van der Waals surface area contributed by atoms with E-state index >= 15 is 0 Å². The quantitative estimate of drug-likeness (QED) is 0.573. The number of fused-ring (bicyclic) bond motifs is 1. The maximum Gasteiger partial charge on any atom is 0.573 e. The molecule has 2 nitrogen and oxygen atoms in total. The molecule has 1 aromatic rings. The van der Waals surface area contributed by atoms with Gasteiger partial charge in [-0.25, -0.2) is 0 Å². The largest absolute Gasteiger partial charge is 0.573 e. The number of halogens is 5. The summed E-state index contributed by atoms with van der Waals surface area (Å²) in [4.78, 5) is 0. The number of ether oxygens (including phenoxy) is 2. The zero-order valence-electron chi connectivity index (χ0n) is 8.68. The van der Waals surface area contributed by atoms with Crippen LogP contribution in [0.2, 0.25) is 0 Å². The third-order valence-corrected chi connectivity index (χ3v) is 2.96. The van der Waals surface area contributed by atoms with E-state index in [2.05, 4.69) is 4.74 Å². The van der Waals surface area contributed by atoms with Crippen LogP contribution in [0.15, 0.2) is 12.1 Å². The van der Waals surface area contributed by atoms with Crippen molar-refractivity contribution in [2.24, 2.45) is 0 Å². The molecule has 1 atom stereocenters. The van der Waals surface area contributed by atoms with Crippen molar-refractivity contribution in [1.29, 1.82) is 0 Å². The molecular weight excluding hydrogens is 463 g/mol. The van der Waals surface area contributed by atoms with Crippen LogP contribution in [0.4, 0.5) is 13.2 Å². The number of alkyl halides is 3. The lowest BCUT2D eigenvalue weighted by molar-refractivity contribution is -0.274. The highest BCUT2D eigenvalue weighted by atomic mass is 127. The van der Waals surface area contributed by atoms with E-state index in [1.54, 1.807) is 0 Å². The van der Waals surface area contributed by atoms with E-state index < -0.39 is 6.36 Å². The van der Waals surface area contributed by atoms with Crippen molar-refractivity contribution in [2.75, 3.05) is 0 Å². The fourth-order valence-electron chi connectivity index (χ4n) is 1.65. The Morgan fingerprint density at radius 2 is 2.06 bits per heavy atom. The summed E-state index contributed by atoms with van der Waals surface area (Å²) in [6, 6.07) is 2.71. The monoisotopic (exact) mass is 472 g/mol. The van der Waals surface area contributed by atoms with Gasteiger partial charge in [0.1, 0.15) is 17.6 Å². The zero-order chi connectivity index (χ0) is 11.9. The first kappa shape index (κ1) is 15.1. The summed E-state index contributed by atoms with van der Waals surface area (Å²) in [5, 5.41) is 0. The summed E-state index contributed by atoms with van der Waals surface area (Å²) in [6.07, 6.45) is -4.03. The molecule has 17 heavy (non-hydrogen) atoms. The summed E-state index contributed by atoms with van der Waals surface area (Å²) in [5.74, 6) is 0.482. The number of rotatable bonds is 1. The van der Waals surface area contributed by atoms with Gasteiger partial charge in [-0.3, -0.25) is 0 Å². The van der Waals surface area contributed by atoms with Gasteiger partial charge in [0.15, 0.2) is 0 Å². The fraction of sp³-hybridized carbons (Fsp3) is 0.400. The van der Waals surface area contributed by atoms with E-state index in [1.807, 2.05) is 29.5 Å². The molecule has 1 aliphatic heterocycles. The molecule has 0 aliphatic carbocycles. The first-order valence-electron chi connectivity index (χ1n) is 4.60. The van der Waals surface area contributed by atoms with Crippen LogP contribution in [0.5, 0.6) is 11.5 Å². The van der Waals surface area contributed by atoms with E-state index in [1.165, 1.54) is 12.1 Å². The van der Waals surface area contributed by atoms with Crippen molar-refractivity contribution in [1.82, 2.24) is 0 Å². The minimum absolute atomic E-state index is 0. The first-order valence-corrected chi connectivity index (χ1v) is 5.68. The smallest absolute Gasteiger partial charge is 0.489 e. The third kappa shape index (κ3) is 3.76. The van der Waals surface area contributed by atoms with Gasteiger partial charge in [0.2, 0.25) is 0 Å². The molecular formula is C10H9F3I2O2. The predicted molar refractivity (Wildman–Crippen MR) is 75.1 cm³/mol. The van der Waals surface area contributed by atoms with E-state index in [4.69, 9.17) is 4.74 Å². The van der Waals surface area contributed by atoms with Crippen molar-refractivity contribution in [2.45, 2.75) is 25.8 Å². The van der Waals surface area contributed by atoms with Gasteiger partial charge in [-0.2, -0.15) is 0 Å². The number of benzene rings is 1.